The summed E-state index contributed by atoms with van der Waals surface area (Å²) < 4.78 is 0. The van der Waals surface area contributed by atoms with Crippen molar-refractivity contribution in [2.45, 2.75) is 0 Å². The zero-order valence-electron chi connectivity index (χ0n) is 2.12. The molecular formula is N2O3. The van der Waals surface area contributed by atoms with Crippen LogP contribution in [0.4, 0.5) is 0 Å². The summed E-state index contributed by atoms with van der Waals surface area (Å²) in [7, 11) is 0. The quantitative estimate of drug-likeness (QED) is 0.298. The van der Waals surface area contributed by atoms with Gasteiger partial charge in [-0.2, -0.15) is 0 Å². The van der Waals surface area contributed by atoms with Gasteiger partial charge in [0.2, 0.25) is 0 Å². The van der Waals surface area contributed by atoms with Gasteiger partial charge in [-0.25, -0.2) is 0 Å². The largest absolute Gasteiger partial charge is 0.294 e. The third-order valence-electron chi connectivity index (χ3n) is 0. The second kappa shape index (κ2) is 1310. The van der Waals surface area contributed by atoms with Crippen molar-refractivity contribution in [1.29, 1.82) is 0 Å². The molecule has 0 saturated heterocycles. The van der Waals surface area contributed by atoms with Gasteiger partial charge < -0.3 is 0 Å². The molecule has 0 bridgehead atoms. The standard InChI is InChI=1S/N2O.O2/c1-2-3;1-2. The van der Waals surface area contributed by atoms with E-state index in [9.17, 15) is 0 Å². The molecule has 0 radical (unpaired) electrons. The molecule has 5 nitrogen and oxygen atoms in total. The van der Waals surface area contributed by atoms with E-state index in [0.29, 0.717) is 0 Å². The van der Waals surface area contributed by atoms with Crippen molar-refractivity contribution in [3.8, 4) is 0 Å². The third-order valence-corrected chi connectivity index (χ3v) is 0. The summed E-state index contributed by atoms with van der Waals surface area (Å²) in [5.74, 6) is 0. The Labute approximate surface area is 26.7 Å². The van der Waals surface area contributed by atoms with Crippen LogP contribution in [-0.4, -0.2) is 0 Å². The number of nitroso groups, excluding NO2 is 1. The molecule has 0 aliphatic heterocycles. The molecule has 0 heterocycles. The van der Waals surface area contributed by atoms with Crippen LogP contribution in [0, 0.1) is 14.8 Å². The first kappa shape index (κ1) is 9.08. The van der Waals surface area contributed by atoms with Crippen LogP contribution in [0.2, 0.25) is 0 Å². The summed E-state index contributed by atoms with van der Waals surface area (Å²) in [6.07, 6.45) is 0. The van der Waals surface area contributed by atoms with E-state index >= 15 is 0 Å². The second-order valence-electron chi connectivity index (χ2n) is 0.0816. The Balaban J connectivity index is 0. The summed E-state index contributed by atoms with van der Waals surface area (Å²) in [5, 5.41) is 0. The maximum absolute atomic E-state index is 8.11. The van der Waals surface area contributed by atoms with Gasteiger partial charge >= 0.3 is 0 Å². The molecule has 5 heavy (non-hydrogen) atoms. The average Bonchev–Trinajstić information content (AvgIpc) is 1.46. The molecule has 0 unspecified atom stereocenters. The lowest BCUT2D eigenvalue weighted by Gasteiger charge is -0.999. The van der Waals surface area contributed by atoms with E-state index in [2.05, 4.69) is 0 Å². The van der Waals surface area contributed by atoms with Gasteiger partial charge in [0.1, 0.15) is 4.97 Å². The highest BCUT2D eigenvalue weighted by Gasteiger charge is 1.06. The molecule has 5 heteroatoms. The van der Waals surface area contributed by atoms with Crippen LogP contribution < -0.4 is 4.97 Å². The van der Waals surface area contributed by atoms with Crippen LogP contribution in [-0.2, 0) is 0 Å². The molecular weight excluding hydrogens is 76.0 g/mol. The molecule has 0 atom stereocenters. The first-order valence-corrected chi connectivity index (χ1v) is 0.549. The molecule has 0 aromatic carbocycles. The van der Waals surface area contributed by atoms with Crippen LogP contribution in [0.5, 0.6) is 0 Å². The van der Waals surface area contributed by atoms with E-state index in [1.807, 2.05) is 0 Å². The fraction of sp³-hybridized carbons (Fsp3) is 0. The highest BCUT2D eigenvalue weighted by atomic mass is 16.7. The maximum atomic E-state index is 8.11. The zero-order valence-corrected chi connectivity index (χ0v) is 2.12. The molecule has 28 valence electrons. The van der Waals surface area contributed by atoms with Crippen molar-refractivity contribution in [2.75, 3.05) is 0 Å². The lowest BCUT2D eigenvalue weighted by molar-refractivity contribution is 1.58. The van der Waals surface area contributed by atoms with Gasteiger partial charge in [0.15, 0.2) is 4.91 Å². The topological polar surface area (TPSA) is 87.6 Å². The van der Waals surface area contributed by atoms with Crippen molar-refractivity contribution in [1.82, 2.24) is 4.97 Å². The van der Waals surface area contributed by atoms with Crippen molar-refractivity contribution in [3.63, 3.8) is 0 Å². The highest BCUT2D eigenvalue weighted by molar-refractivity contribution is 4.07. The molecule has 0 rings (SSSR count). The van der Waals surface area contributed by atoms with Gasteiger partial charge in [-0.1, -0.05) is 0 Å². The minimum absolute atomic E-state index is 1.25. The van der Waals surface area contributed by atoms with E-state index in [-0.39, 0.29) is 0 Å². The predicted octanol–water partition coefficient (Wildman–Crippen LogP) is -0.0914. The SMILES string of the molecule is O=O.[N-]=[N+]=O. The fourth-order valence-corrected chi connectivity index (χ4v) is 0. The summed E-state index contributed by atoms with van der Waals surface area (Å²) in [4.78, 5) is 23.4. The fourth-order valence-electron chi connectivity index (χ4n) is 0. The van der Waals surface area contributed by atoms with Crippen molar-refractivity contribution < 1.29 is 0 Å². The van der Waals surface area contributed by atoms with E-state index in [0.717, 1.165) is 0 Å². The Morgan fingerprint density at radius 3 is 1.40 bits per heavy atom. The molecule has 0 aliphatic carbocycles. The summed E-state index contributed by atoms with van der Waals surface area (Å²) in [6.45, 7) is 0. The van der Waals surface area contributed by atoms with Crippen molar-refractivity contribution in [3.05, 3.63) is 20.4 Å². The Hall–Kier alpha value is -1.09. The van der Waals surface area contributed by atoms with E-state index in [1.165, 1.54) is 4.97 Å². The van der Waals surface area contributed by atoms with Crippen LogP contribution in [0.25, 0.3) is 5.53 Å². The van der Waals surface area contributed by atoms with Gasteiger partial charge in [0, 0.05) is 9.93 Å². The normalized spacial score (nSPS) is 2.40. The summed E-state index contributed by atoms with van der Waals surface area (Å²) in [5.41, 5.74) is 6.64. The molecule has 0 aliphatic rings. The van der Waals surface area contributed by atoms with Crippen LogP contribution in [0.1, 0.15) is 0 Å². The van der Waals surface area contributed by atoms with Crippen LogP contribution >= 0.6 is 0 Å². The number of hydrogen-bond donors (Lipinski definition) is 0. The van der Waals surface area contributed by atoms with Crippen LogP contribution in [0.3, 0.4) is 0 Å². The van der Waals surface area contributed by atoms with Gasteiger partial charge in [-0.05, 0) is 0 Å². The summed E-state index contributed by atoms with van der Waals surface area (Å²) in [6, 6.07) is 0. The smallest absolute Gasteiger partial charge is 0.151 e. The molecule has 0 fully saturated rings. The van der Waals surface area contributed by atoms with Crippen LogP contribution in [0.15, 0.2) is 0 Å². The van der Waals surface area contributed by atoms with E-state index < -0.39 is 0 Å². The van der Waals surface area contributed by atoms with Crippen molar-refractivity contribution >= 4 is 0 Å². The minimum atomic E-state index is 1.25. The average molecular weight is 76.0 g/mol. The zero-order chi connectivity index (χ0) is 4.71. The number of hydrogen-bond acceptors (Lipinski definition) is 3. The Bertz CT molecular complexity index is 34.2. The monoisotopic (exact) mass is 76.0 g/mol. The maximum Gasteiger partial charge on any atom is 0.151 e. The number of nitrogens with zero attached hydrogens (tertiary/aromatic N) is 2. The summed E-state index contributed by atoms with van der Waals surface area (Å²) >= 11 is 0. The lowest BCUT2D eigenvalue weighted by atomic mass is 13.2. The molecule has 0 spiro atoms. The van der Waals surface area contributed by atoms with Crippen molar-refractivity contribution in [2.24, 2.45) is 0 Å². The number of rotatable bonds is 0. The van der Waals surface area contributed by atoms with E-state index in [4.69, 9.17) is 20.4 Å². The lowest BCUT2D eigenvalue weighted by Crippen LogP contribution is -1.21. The van der Waals surface area contributed by atoms with Gasteiger partial charge in [-0.3, -0.25) is 5.53 Å². The highest BCUT2D eigenvalue weighted by Crippen LogP contribution is 0.905. The van der Waals surface area contributed by atoms with Gasteiger partial charge in [-0.15, -0.1) is 0 Å². The minimum Gasteiger partial charge on any atom is -0.294 e. The molecule has 0 aromatic heterocycles. The molecule has 0 N–H and O–H groups in total. The van der Waals surface area contributed by atoms with E-state index in [1.54, 1.807) is 0 Å². The Morgan fingerprint density at radius 1 is 1.40 bits per heavy atom. The Morgan fingerprint density at radius 2 is 1.40 bits per heavy atom. The van der Waals surface area contributed by atoms with Gasteiger partial charge in [0.05, 0.1) is 0 Å². The molecule has 0 aromatic rings. The second-order valence-corrected chi connectivity index (χ2v) is 0.0816. The Kier molecular flexibility index (Phi) is 2380. The molecule has 0 saturated carbocycles. The van der Waals surface area contributed by atoms with Gasteiger partial charge in [0.25, 0.3) is 0 Å². The predicted molar refractivity (Wildman–Crippen MR) is 15.6 cm³/mol. The first-order valence-electron chi connectivity index (χ1n) is 0.549. The third kappa shape index (κ3) is 2.03. The molecule has 0 amide bonds. The first-order chi connectivity index (χ1) is 2.41.